The molecule has 6 nitrogen and oxygen atoms in total. The van der Waals surface area contributed by atoms with Gasteiger partial charge in [-0.05, 0) is 36.4 Å². The van der Waals surface area contributed by atoms with E-state index in [1.807, 2.05) is 10.9 Å². The van der Waals surface area contributed by atoms with E-state index >= 15 is 0 Å². The Morgan fingerprint density at radius 3 is 2.17 bits per heavy atom. The number of hydrogen-bond acceptors (Lipinski definition) is 3. The van der Waals surface area contributed by atoms with E-state index in [1.54, 1.807) is 0 Å². The molecule has 0 unspecified atom stereocenters. The molecule has 124 valence electrons. The van der Waals surface area contributed by atoms with Gasteiger partial charge in [-0.2, -0.15) is 0 Å². The average Bonchev–Trinajstić information content (AvgIpc) is 2.58. The van der Waals surface area contributed by atoms with Gasteiger partial charge in [0.25, 0.3) is 17.7 Å². The minimum absolute atomic E-state index is 0.180. The van der Waals surface area contributed by atoms with Crippen LogP contribution in [0, 0.1) is 11.6 Å². The summed E-state index contributed by atoms with van der Waals surface area (Å²) in [6.07, 6.45) is 0. The smallest absolute Gasteiger partial charge is 0.272 e. The van der Waals surface area contributed by atoms with Crippen molar-refractivity contribution in [2.24, 2.45) is 0 Å². The maximum absolute atomic E-state index is 13.4. The van der Waals surface area contributed by atoms with Crippen LogP contribution in [0.4, 0.5) is 8.78 Å². The second-order valence-corrected chi connectivity index (χ2v) is 4.67. The van der Waals surface area contributed by atoms with E-state index in [2.05, 4.69) is 5.32 Å². The second-order valence-electron chi connectivity index (χ2n) is 4.67. The monoisotopic (exact) mass is 333 g/mol. The van der Waals surface area contributed by atoms with Gasteiger partial charge in [0.2, 0.25) is 0 Å². The molecule has 0 radical (unpaired) electrons. The molecule has 2 aromatic rings. The maximum atomic E-state index is 13.4. The van der Waals surface area contributed by atoms with Gasteiger partial charge in [-0.15, -0.1) is 0 Å². The lowest BCUT2D eigenvalue weighted by Gasteiger charge is -2.09. The van der Waals surface area contributed by atoms with Gasteiger partial charge in [0.15, 0.2) is 0 Å². The fraction of sp³-hybridized carbons (Fsp3) is 0.0625. The predicted octanol–water partition coefficient (Wildman–Crippen LogP) is 1.16. The third kappa shape index (κ3) is 4.60. The number of hydrogen-bond donors (Lipinski definition) is 3. The Morgan fingerprint density at radius 2 is 1.50 bits per heavy atom. The van der Waals surface area contributed by atoms with Crippen molar-refractivity contribution in [2.75, 3.05) is 6.54 Å². The van der Waals surface area contributed by atoms with E-state index in [4.69, 9.17) is 0 Å². The highest BCUT2D eigenvalue weighted by molar-refractivity contribution is 5.98. The molecule has 0 atom stereocenters. The summed E-state index contributed by atoms with van der Waals surface area (Å²) in [6, 6.07) is 10.0. The van der Waals surface area contributed by atoms with E-state index in [-0.39, 0.29) is 11.1 Å². The number of rotatable bonds is 4. The fourth-order valence-electron chi connectivity index (χ4n) is 1.75. The maximum Gasteiger partial charge on any atom is 0.272 e. The summed E-state index contributed by atoms with van der Waals surface area (Å²) in [5.41, 5.74) is 4.03. The molecule has 0 aliphatic rings. The normalized spacial score (nSPS) is 9.92. The Morgan fingerprint density at radius 1 is 0.833 bits per heavy atom. The van der Waals surface area contributed by atoms with Crippen LogP contribution in [0.15, 0.2) is 48.5 Å². The lowest BCUT2D eigenvalue weighted by atomic mass is 10.2. The Kier molecular flexibility index (Phi) is 5.56. The molecule has 2 aromatic carbocycles. The van der Waals surface area contributed by atoms with Crippen LogP contribution in [0.1, 0.15) is 20.7 Å². The molecule has 0 heterocycles. The zero-order valence-electron chi connectivity index (χ0n) is 12.3. The molecular weight excluding hydrogens is 320 g/mol. The number of halogens is 2. The number of carbonyl (C=O) groups excluding carboxylic acids is 3. The minimum Gasteiger partial charge on any atom is -0.343 e. The van der Waals surface area contributed by atoms with Gasteiger partial charge < -0.3 is 5.32 Å². The minimum atomic E-state index is -0.827. The van der Waals surface area contributed by atoms with Gasteiger partial charge in [-0.3, -0.25) is 25.2 Å². The Labute approximate surface area is 135 Å². The van der Waals surface area contributed by atoms with E-state index in [0.29, 0.717) is 0 Å². The van der Waals surface area contributed by atoms with Crippen molar-refractivity contribution in [2.45, 2.75) is 0 Å². The molecular formula is C16H13F2N3O3. The average molecular weight is 333 g/mol. The van der Waals surface area contributed by atoms with Gasteiger partial charge in [-0.25, -0.2) is 8.78 Å². The molecule has 0 bridgehead atoms. The summed E-state index contributed by atoms with van der Waals surface area (Å²) in [6.45, 7) is -0.423. The molecule has 3 N–H and O–H groups in total. The number of carbonyl (C=O) groups is 3. The van der Waals surface area contributed by atoms with Crippen LogP contribution < -0.4 is 16.2 Å². The van der Waals surface area contributed by atoms with Crippen molar-refractivity contribution in [3.8, 4) is 0 Å². The highest BCUT2D eigenvalue weighted by Crippen LogP contribution is 2.05. The van der Waals surface area contributed by atoms with Crippen molar-refractivity contribution in [3.63, 3.8) is 0 Å². The van der Waals surface area contributed by atoms with E-state index < -0.39 is 35.9 Å². The summed E-state index contributed by atoms with van der Waals surface area (Å²) < 4.78 is 26.1. The molecule has 24 heavy (non-hydrogen) atoms. The Bertz CT molecular complexity index is 763. The van der Waals surface area contributed by atoms with Crippen molar-refractivity contribution in [3.05, 3.63) is 71.3 Å². The van der Waals surface area contributed by atoms with Crippen LogP contribution in [0.5, 0.6) is 0 Å². The summed E-state index contributed by atoms with van der Waals surface area (Å²) in [5.74, 6) is -3.33. The van der Waals surface area contributed by atoms with Crippen molar-refractivity contribution >= 4 is 17.7 Å². The zero-order chi connectivity index (χ0) is 17.5. The third-order valence-corrected chi connectivity index (χ3v) is 2.95. The standard InChI is InChI=1S/C16H13F2N3O3/c17-11-7-5-10(6-8-11)15(23)19-9-14(22)20-21-16(24)12-3-1-2-4-13(12)18/h1-8H,9H2,(H,19,23)(H,20,22)(H,21,24). The summed E-state index contributed by atoms with van der Waals surface area (Å²) in [4.78, 5) is 34.9. The van der Waals surface area contributed by atoms with E-state index in [1.165, 1.54) is 30.3 Å². The van der Waals surface area contributed by atoms with E-state index in [0.717, 1.165) is 18.2 Å². The first-order chi connectivity index (χ1) is 11.5. The molecule has 0 fully saturated rings. The highest BCUT2D eigenvalue weighted by Gasteiger charge is 2.12. The summed E-state index contributed by atoms with van der Waals surface area (Å²) in [5, 5.41) is 2.29. The van der Waals surface area contributed by atoms with Gasteiger partial charge in [0.1, 0.15) is 11.6 Å². The molecule has 0 aliphatic heterocycles. The molecule has 0 aromatic heterocycles. The first-order valence-electron chi connectivity index (χ1n) is 6.85. The summed E-state index contributed by atoms with van der Waals surface area (Å²) in [7, 11) is 0. The number of amides is 3. The molecule has 0 saturated heterocycles. The molecule has 8 heteroatoms. The topological polar surface area (TPSA) is 87.3 Å². The molecule has 3 amide bonds. The molecule has 0 aliphatic carbocycles. The van der Waals surface area contributed by atoms with Crippen molar-refractivity contribution in [1.82, 2.24) is 16.2 Å². The largest absolute Gasteiger partial charge is 0.343 e. The van der Waals surface area contributed by atoms with Crippen LogP contribution in [0.25, 0.3) is 0 Å². The first-order valence-corrected chi connectivity index (χ1v) is 6.85. The Hall–Kier alpha value is -3.29. The van der Waals surface area contributed by atoms with Crippen LogP contribution >= 0.6 is 0 Å². The van der Waals surface area contributed by atoms with Crippen LogP contribution in [0.2, 0.25) is 0 Å². The predicted molar refractivity (Wildman–Crippen MR) is 80.7 cm³/mol. The van der Waals surface area contributed by atoms with Crippen LogP contribution in [-0.2, 0) is 4.79 Å². The van der Waals surface area contributed by atoms with Gasteiger partial charge >= 0.3 is 0 Å². The van der Waals surface area contributed by atoms with Crippen molar-refractivity contribution < 1.29 is 23.2 Å². The summed E-state index contributed by atoms with van der Waals surface area (Å²) >= 11 is 0. The van der Waals surface area contributed by atoms with Gasteiger partial charge in [0, 0.05) is 5.56 Å². The molecule has 0 saturated carbocycles. The van der Waals surface area contributed by atoms with E-state index in [9.17, 15) is 23.2 Å². The SMILES string of the molecule is O=C(CNC(=O)c1ccc(F)cc1)NNC(=O)c1ccccc1F. The number of hydrazine groups is 1. The first kappa shape index (κ1) is 17.1. The zero-order valence-corrected chi connectivity index (χ0v) is 12.3. The Balaban J connectivity index is 1.79. The highest BCUT2D eigenvalue weighted by atomic mass is 19.1. The van der Waals surface area contributed by atoms with Crippen molar-refractivity contribution in [1.29, 1.82) is 0 Å². The number of nitrogens with one attached hydrogen (secondary N) is 3. The van der Waals surface area contributed by atoms with Crippen LogP contribution in [-0.4, -0.2) is 24.3 Å². The lowest BCUT2D eigenvalue weighted by Crippen LogP contribution is -2.46. The fourth-order valence-corrected chi connectivity index (χ4v) is 1.75. The quantitative estimate of drug-likeness (QED) is 0.734. The molecule has 0 spiro atoms. The second kappa shape index (κ2) is 7.82. The van der Waals surface area contributed by atoms with Crippen LogP contribution in [0.3, 0.4) is 0 Å². The molecule has 2 rings (SSSR count). The number of benzene rings is 2. The van der Waals surface area contributed by atoms with Gasteiger partial charge in [0.05, 0.1) is 12.1 Å². The lowest BCUT2D eigenvalue weighted by molar-refractivity contribution is -0.120. The third-order valence-electron chi connectivity index (χ3n) is 2.95. The van der Waals surface area contributed by atoms with Gasteiger partial charge in [-0.1, -0.05) is 12.1 Å².